The average Bonchev–Trinajstić information content (AvgIpc) is 1.99. The van der Waals surface area contributed by atoms with Gasteiger partial charge in [0.1, 0.15) is 0 Å². The first-order valence-electron chi connectivity index (χ1n) is 4.92. The summed E-state index contributed by atoms with van der Waals surface area (Å²) >= 11 is 4.17. The van der Waals surface area contributed by atoms with Gasteiger partial charge in [0.25, 0.3) is 0 Å². The molecule has 0 aliphatic heterocycles. The van der Waals surface area contributed by atoms with Crippen LogP contribution in [0.2, 0.25) is 0 Å². The van der Waals surface area contributed by atoms with Gasteiger partial charge in [0.15, 0.2) is 0 Å². The minimum atomic E-state index is -4.13. The molecule has 0 saturated carbocycles. The normalized spacial score (nSPS) is 15.4. The Labute approximate surface area is 94.8 Å². The molecule has 1 nitrogen and oxygen atoms in total. The maximum Gasteiger partial charge on any atom is 0.391 e. The Morgan fingerprint density at radius 3 is 2.07 bits per heavy atom. The number of alkyl halides is 3. The molecule has 0 aromatic heterocycles. The molecule has 0 heterocycles. The Hall–Kier alpha value is 0.100. The van der Waals surface area contributed by atoms with Gasteiger partial charge >= 0.3 is 6.18 Å². The summed E-state index contributed by atoms with van der Waals surface area (Å²) in [6.45, 7) is 6.16. The summed E-state index contributed by atoms with van der Waals surface area (Å²) in [7, 11) is 0. The Kier molecular flexibility index (Phi) is 6.03. The molecule has 15 heavy (non-hydrogen) atoms. The van der Waals surface area contributed by atoms with E-state index in [-0.39, 0.29) is 17.9 Å². The smallest absolute Gasteiger partial charge is 0.381 e. The molecule has 92 valence electrons. The van der Waals surface area contributed by atoms with E-state index < -0.39 is 12.6 Å². The van der Waals surface area contributed by atoms with Gasteiger partial charge < -0.3 is 4.74 Å². The van der Waals surface area contributed by atoms with Gasteiger partial charge in [-0.3, -0.25) is 0 Å². The van der Waals surface area contributed by atoms with Crippen LogP contribution in [0.25, 0.3) is 0 Å². The Morgan fingerprint density at radius 2 is 1.73 bits per heavy atom. The first kappa shape index (κ1) is 15.1. The van der Waals surface area contributed by atoms with E-state index >= 15 is 0 Å². The van der Waals surface area contributed by atoms with Crippen LogP contribution in [0.1, 0.15) is 27.2 Å². The van der Waals surface area contributed by atoms with E-state index in [1.54, 1.807) is 0 Å². The molecule has 0 aromatic carbocycles. The van der Waals surface area contributed by atoms with Gasteiger partial charge in [-0.2, -0.15) is 25.8 Å². The molecule has 0 rings (SSSR count). The molecular formula is C10H19F3OS. The van der Waals surface area contributed by atoms with E-state index in [0.29, 0.717) is 12.4 Å². The highest BCUT2D eigenvalue weighted by Gasteiger charge is 2.27. The molecular weight excluding hydrogens is 225 g/mol. The first-order chi connectivity index (χ1) is 6.67. The summed E-state index contributed by atoms with van der Waals surface area (Å²) in [5.41, 5.74) is 0.0139. The van der Waals surface area contributed by atoms with Crippen molar-refractivity contribution in [1.29, 1.82) is 0 Å². The number of rotatable bonds is 5. The molecule has 1 atom stereocenters. The Morgan fingerprint density at radius 1 is 1.20 bits per heavy atom. The molecule has 0 bridgehead atoms. The molecule has 0 amide bonds. The average molecular weight is 244 g/mol. The van der Waals surface area contributed by atoms with Crippen LogP contribution >= 0.6 is 12.6 Å². The van der Waals surface area contributed by atoms with Crippen LogP contribution < -0.4 is 0 Å². The van der Waals surface area contributed by atoms with Crippen LogP contribution in [-0.2, 0) is 4.74 Å². The minimum Gasteiger partial charge on any atom is -0.381 e. The van der Waals surface area contributed by atoms with Crippen molar-refractivity contribution in [1.82, 2.24) is 0 Å². The highest BCUT2D eigenvalue weighted by Crippen LogP contribution is 2.27. The predicted octanol–water partition coefficient (Wildman–Crippen LogP) is 3.55. The highest BCUT2D eigenvalue weighted by molar-refractivity contribution is 7.80. The maximum absolute atomic E-state index is 11.8. The molecule has 1 unspecified atom stereocenters. The molecule has 0 aliphatic rings. The quantitative estimate of drug-likeness (QED) is 0.575. The first-order valence-corrected chi connectivity index (χ1v) is 5.55. The molecule has 0 spiro atoms. The second-order valence-electron chi connectivity index (χ2n) is 4.69. The molecule has 0 fully saturated rings. The van der Waals surface area contributed by atoms with Crippen LogP contribution in [-0.4, -0.2) is 25.1 Å². The van der Waals surface area contributed by atoms with E-state index in [0.717, 1.165) is 0 Å². The van der Waals surface area contributed by atoms with Gasteiger partial charge in [-0.25, -0.2) is 0 Å². The van der Waals surface area contributed by atoms with E-state index in [9.17, 15) is 13.2 Å². The molecule has 0 aromatic rings. The minimum absolute atomic E-state index is 0.0139. The second kappa shape index (κ2) is 5.99. The van der Waals surface area contributed by atoms with Crippen molar-refractivity contribution in [3.8, 4) is 0 Å². The number of ether oxygens (including phenoxy) is 1. The zero-order chi connectivity index (χ0) is 12.1. The lowest BCUT2D eigenvalue weighted by Gasteiger charge is -2.29. The fourth-order valence-electron chi connectivity index (χ4n) is 0.990. The van der Waals surface area contributed by atoms with E-state index in [1.165, 1.54) is 0 Å². The topological polar surface area (TPSA) is 9.23 Å². The lowest BCUT2D eigenvalue weighted by atomic mass is 9.82. The van der Waals surface area contributed by atoms with Crippen molar-refractivity contribution < 1.29 is 17.9 Å². The summed E-state index contributed by atoms with van der Waals surface area (Å²) in [5, 5.41) is 0. The summed E-state index contributed by atoms with van der Waals surface area (Å²) in [6, 6.07) is 0. The van der Waals surface area contributed by atoms with E-state index in [1.807, 2.05) is 20.8 Å². The summed E-state index contributed by atoms with van der Waals surface area (Å²) in [5.74, 6) is 0.796. The molecule has 0 N–H and O–H groups in total. The van der Waals surface area contributed by atoms with Crippen molar-refractivity contribution in [3.05, 3.63) is 0 Å². The molecule has 0 aliphatic carbocycles. The van der Waals surface area contributed by atoms with Gasteiger partial charge in [-0.15, -0.1) is 0 Å². The van der Waals surface area contributed by atoms with Gasteiger partial charge in [0.05, 0.1) is 19.6 Å². The van der Waals surface area contributed by atoms with Crippen LogP contribution in [0.4, 0.5) is 13.2 Å². The number of hydrogen-bond donors (Lipinski definition) is 1. The zero-order valence-corrected chi connectivity index (χ0v) is 10.3. The van der Waals surface area contributed by atoms with Gasteiger partial charge in [0, 0.05) is 0 Å². The molecule has 0 saturated heterocycles. The fourth-order valence-corrected chi connectivity index (χ4v) is 1.64. The highest BCUT2D eigenvalue weighted by atomic mass is 32.1. The standard InChI is InChI=1S/C10H19F3OS/c1-9(2,3)8(7-15)6-14-5-4-10(11,12)13/h8,15H,4-7H2,1-3H3. The third-order valence-corrected chi connectivity index (χ3v) is 2.73. The lowest BCUT2D eigenvalue weighted by molar-refractivity contribution is -0.146. The predicted molar refractivity (Wildman–Crippen MR) is 58.3 cm³/mol. The number of halogens is 3. The van der Waals surface area contributed by atoms with Crippen LogP contribution in [0.5, 0.6) is 0 Å². The number of thiol groups is 1. The molecule has 5 heteroatoms. The Bertz CT molecular complexity index is 174. The monoisotopic (exact) mass is 244 g/mol. The van der Waals surface area contributed by atoms with Crippen molar-refractivity contribution in [3.63, 3.8) is 0 Å². The van der Waals surface area contributed by atoms with Gasteiger partial charge in [-0.05, 0) is 17.1 Å². The Balaban J connectivity index is 3.75. The maximum atomic E-state index is 11.8. The summed E-state index contributed by atoms with van der Waals surface area (Å²) in [4.78, 5) is 0. The third kappa shape index (κ3) is 7.96. The van der Waals surface area contributed by atoms with Crippen molar-refractivity contribution in [2.24, 2.45) is 11.3 Å². The fraction of sp³-hybridized carbons (Fsp3) is 1.00. The molecule has 0 radical (unpaired) electrons. The van der Waals surface area contributed by atoms with Gasteiger partial charge in [-0.1, -0.05) is 20.8 Å². The third-order valence-electron chi connectivity index (χ3n) is 2.29. The van der Waals surface area contributed by atoms with E-state index in [2.05, 4.69) is 12.6 Å². The zero-order valence-electron chi connectivity index (χ0n) is 9.40. The number of hydrogen-bond acceptors (Lipinski definition) is 2. The lowest BCUT2D eigenvalue weighted by Crippen LogP contribution is -2.27. The SMILES string of the molecule is CC(C)(C)C(CS)COCCC(F)(F)F. The summed E-state index contributed by atoms with van der Waals surface area (Å²) in [6.07, 6.45) is -5.01. The largest absolute Gasteiger partial charge is 0.391 e. The van der Waals surface area contributed by atoms with Crippen LogP contribution in [0.3, 0.4) is 0 Å². The van der Waals surface area contributed by atoms with E-state index in [4.69, 9.17) is 4.74 Å². The van der Waals surface area contributed by atoms with Crippen molar-refractivity contribution >= 4 is 12.6 Å². The second-order valence-corrected chi connectivity index (χ2v) is 5.05. The van der Waals surface area contributed by atoms with Crippen LogP contribution in [0, 0.1) is 11.3 Å². The van der Waals surface area contributed by atoms with Crippen molar-refractivity contribution in [2.75, 3.05) is 19.0 Å². The van der Waals surface area contributed by atoms with Crippen molar-refractivity contribution in [2.45, 2.75) is 33.4 Å². The van der Waals surface area contributed by atoms with Gasteiger partial charge in [0.2, 0.25) is 0 Å². The summed E-state index contributed by atoms with van der Waals surface area (Å²) < 4.78 is 40.4. The van der Waals surface area contributed by atoms with Crippen LogP contribution in [0.15, 0.2) is 0 Å².